The molecule has 3 atom stereocenters. The number of hydrogen-bond donors (Lipinski definition) is 3. The van der Waals surface area contributed by atoms with Gasteiger partial charge in [-0.1, -0.05) is 37.5 Å². The first-order chi connectivity index (χ1) is 15.1. The van der Waals surface area contributed by atoms with Gasteiger partial charge in [-0.3, -0.25) is 14.4 Å². The van der Waals surface area contributed by atoms with E-state index in [1.807, 2.05) is 30.5 Å². The van der Waals surface area contributed by atoms with Crippen LogP contribution in [0.1, 0.15) is 50.5 Å². The topological polar surface area (TPSA) is 94.3 Å². The summed E-state index contributed by atoms with van der Waals surface area (Å²) in [7, 11) is 0. The first-order valence-electron chi connectivity index (χ1n) is 11.6. The van der Waals surface area contributed by atoms with Gasteiger partial charge in [0.1, 0.15) is 12.1 Å². The van der Waals surface area contributed by atoms with Gasteiger partial charge in [-0.15, -0.1) is 0 Å². The fourth-order valence-electron chi connectivity index (χ4n) is 5.48. The fraction of sp³-hybridized carbons (Fsp3) is 0.542. The Balaban J connectivity index is 1.23. The molecule has 1 aromatic heterocycles. The zero-order valence-corrected chi connectivity index (χ0v) is 17.7. The molecule has 2 saturated heterocycles. The predicted molar refractivity (Wildman–Crippen MR) is 117 cm³/mol. The van der Waals surface area contributed by atoms with E-state index in [0.717, 1.165) is 42.1 Å². The molecule has 0 spiro atoms. The van der Waals surface area contributed by atoms with Crippen molar-refractivity contribution in [3.63, 3.8) is 0 Å². The lowest BCUT2D eigenvalue weighted by Gasteiger charge is -2.44. The molecule has 7 heteroatoms. The number of aromatic nitrogens is 1. The van der Waals surface area contributed by atoms with E-state index >= 15 is 0 Å². The second-order valence-electron chi connectivity index (χ2n) is 9.24. The number of nitrogens with one attached hydrogen (secondary N) is 3. The Morgan fingerprint density at radius 1 is 1.10 bits per heavy atom. The predicted octanol–water partition coefficient (Wildman–Crippen LogP) is 2.26. The first-order valence-corrected chi connectivity index (χ1v) is 11.6. The Labute approximate surface area is 181 Å². The minimum absolute atomic E-state index is 0.0214. The standard InChI is InChI=1S/C24H30N4O3/c29-22(15-6-2-1-3-7-15)26-17-10-11-28-21(13-17)23(30)27-20(24(28)31)12-16-14-25-19-9-5-4-8-18(16)19/h4-5,8-9,14-15,17,20-21,25H,1-3,6-7,10-13H2,(H,26,29)(H,27,30). The normalized spacial score (nSPS) is 27.1. The number of carbonyl (C=O) groups excluding carboxylic acids is 3. The van der Waals surface area contributed by atoms with Crippen LogP contribution in [0.15, 0.2) is 30.5 Å². The van der Waals surface area contributed by atoms with Gasteiger partial charge in [-0.2, -0.15) is 0 Å². The summed E-state index contributed by atoms with van der Waals surface area (Å²) in [4.78, 5) is 43.6. The monoisotopic (exact) mass is 422 g/mol. The molecule has 3 amide bonds. The van der Waals surface area contributed by atoms with Gasteiger partial charge in [0.25, 0.3) is 0 Å². The van der Waals surface area contributed by atoms with Crippen molar-refractivity contribution < 1.29 is 14.4 Å². The van der Waals surface area contributed by atoms with Gasteiger partial charge in [-0.05, 0) is 37.3 Å². The summed E-state index contributed by atoms with van der Waals surface area (Å²) in [6, 6.07) is 6.90. The molecule has 1 aromatic carbocycles. The summed E-state index contributed by atoms with van der Waals surface area (Å²) in [6.45, 7) is 0.511. The Bertz CT molecular complexity index is 994. The van der Waals surface area contributed by atoms with Crippen molar-refractivity contribution >= 4 is 28.6 Å². The summed E-state index contributed by atoms with van der Waals surface area (Å²) in [5.74, 6) is 0.0973. The average Bonchev–Trinajstić information content (AvgIpc) is 3.21. The Morgan fingerprint density at radius 2 is 1.90 bits per heavy atom. The SMILES string of the molecule is O=C(NC1CCN2C(=O)C(Cc3c[nH]c4ccccc34)NC(=O)C2C1)C1CCCCC1. The number of rotatable bonds is 4. The Hall–Kier alpha value is -2.83. The number of fused-ring (bicyclic) bond motifs is 2. The molecule has 2 aliphatic heterocycles. The highest BCUT2D eigenvalue weighted by Gasteiger charge is 2.44. The van der Waals surface area contributed by atoms with Crippen LogP contribution in [0.25, 0.3) is 10.9 Å². The van der Waals surface area contributed by atoms with Crippen molar-refractivity contribution in [1.82, 2.24) is 20.5 Å². The molecule has 7 nitrogen and oxygen atoms in total. The number of benzene rings is 1. The molecule has 1 saturated carbocycles. The highest BCUT2D eigenvalue weighted by Crippen LogP contribution is 2.27. The third kappa shape index (κ3) is 3.93. The van der Waals surface area contributed by atoms with Crippen molar-refractivity contribution in [1.29, 1.82) is 0 Å². The van der Waals surface area contributed by atoms with E-state index in [1.165, 1.54) is 6.42 Å². The van der Waals surface area contributed by atoms with Crippen LogP contribution in [0.5, 0.6) is 0 Å². The molecule has 1 aliphatic carbocycles. The maximum atomic E-state index is 13.2. The largest absolute Gasteiger partial charge is 0.361 e. The molecule has 31 heavy (non-hydrogen) atoms. The van der Waals surface area contributed by atoms with Gasteiger partial charge in [0.15, 0.2) is 0 Å². The number of aromatic amines is 1. The van der Waals surface area contributed by atoms with E-state index in [4.69, 9.17) is 0 Å². The summed E-state index contributed by atoms with van der Waals surface area (Å²) >= 11 is 0. The van der Waals surface area contributed by atoms with E-state index in [2.05, 4.69) is 15.6 Å². The molecular weight excluding hydrogens is 392 g/mol. The second-order valence-corrected chi connectivity index (χ2v) is 9.24. The number of para-hydroxylation sites is 1. The van der Waals surface area contributed by atoms with Crippen molar-refractivity contribution in [3.05, 3.63) is 36.0 Å². The third-order valence-electron chi connectivity index (χ3n) is 7.22. The van der Waals surface area contributed by atoms with Crippen molar-refractivity contribution in [2.75, 3.05) is 6.54 Å². The Kier molecular flexibility index (Phi) is 5.42. The Morgan fingerprint density at radius 3 is 2.74 bits per heavy atom. The average molecular weight is 423 g/mol. The number of piperidine rings is 1. The minimum Gasteiger partial charge on any atom is -0.361 e. The molecule has 3 aliphatic rings. The molecule has 3 heterocycles. The number of hydrogen-bond acceptors (Lipinski definition) is 3. The molecule has 5 rings (SSSR count). The van der Waals surface area contributed by atoms with Gasteiger partial charge < -0.3 is 20.5 Å². The van der Waals surface area contributed by atoms with Crippen LogP contribution in [0, 0.1) is 5.92 Å². The highest BCUT2D eigenvalue weighted by molar-refractivity contribution is 5.98. The molecule has 3 N–H and O–H groups in total. The van der Waals surface area contributed by atoms with Crippen LogP contribution >= 0.6 is 0 Å². The number of piperazine rings is 1. The van der Waals surface area contributed by atoms with Crippen LogP contribution in [-0.4, -0.2) is 52.3 Å². The van der Waals surface area contributed by atoms with E-state index < -0.39 is 12.1 Å². The van der Waals surface area contributed by atoms with Crippen LogP contribution < -0.4 is 10.6 Å². The van der Waals surface area contributed by atoms with Crippen LogP contribution in [0.4, 0.5) is 0 Å². The third-order valence-corrected chi connectivity index (χ3v) is 7.22. The summed E-state index contributed by atoms with van der Waals surface area (Å²) in [5.41, 5.74) is 2.06. The maximum Gasteiger partial charge on any atom is 0.246 e. The van der Waals surface area contributed by atoms with Gasteiger partial charge >= 0.3 is 0 Å². The van der Waals surface area contributed by atoms with Crippen molar-refractivity contribution in [2.45, 2.75) is 69.5 Å². The molecule has 3 fully saturated rings. The zero-order chi connectivity index (χ0) is 21.4. The zero-order valence-electron chi connectivity index (χ0n) is 17.7. The van der Waals surface area contributed by atoms with E-state index in [-0.39, 0.29) is 29.7 Å². The van der Waals surface area contributed by atoms with Crippen molar-refractivity contribution in [2.24, 2.45) is 5.92 Å². The highest BCUT2D eigenvalue weighted by atomic mass is 16.2. The second kappa shape index (κ2) is 8.36. The smallest absolute Gasteiger partial charge is 0.246 e. The summed E-state index contributed by atoms with van der Waals surface area (Å²) < 4.78 is 0. The minimum atomic E-state index is -0.545. The van der Waals surface area contributed by atoms with Gasteiger partial charge in [-0.25, -0.2) is 0 Å². The number of nitrogens with zero attached hydrogens (tertiary/aromatic N) is 1. The molecule has 0 radical (unpaired) electrons. The quantitative estimate of drug-likeness (QED) is 0.705. The van der Waals surface area contributed by atoms with Crippen LogP contribution in [0.2, 0.25) is 0 Å². The summed E-state index contributed by atoms with van der Waals surface area (Å²) in [6.07, 6.45) is 8.96. The summed E-state index contributed by atoms with van der Waals surface area (Å²) in [5, 5.41) is 7.19. The fourth-order valence-corrected chi connectivity index (χ4v) is 5.48. The molecule has 0 bridgehead atoms. The number of carbonyl (C=O) groups is 3. The number of H-pyrrole nitrogens is 1. The van der Waals surface area contributed by atoms with Crippen molar-refractivity contribution in [3.8, 4) is 0 Å². The molecule has 3 unspecified atom stereocenters. The van der Waals surface area contributed by atoms with Gasteiger partial charge in [0.2, 0.25) is 17.7 Å². The van der Waals surface area contributed by atoms with Crippen LogP contribution in [0.3, 0.4) is 0 Å². The van der Waals surface area contributed by atoms with Gasteiger partial charge in [0.05, 0.1) is 0 Å². The lowest BCUT2D eigenvalue weighted by molar-refractivity contribution is -0.152. The molecular formula is C24H30N4O3. The van der Waals surface area contributed by atoms with E-state index in [0.29, 0.717) is 25.8 Å². The molecule has 2 aromatic rings. The van der Waals surface area contributed by atoms with Gasteiger partial charge in [0, 0.05) is 42.0 Å². The lowest BCUT2D eigenvalue weighted by Crippen LogP contribution is -2.67. The van der Waals surface area contributed by atoms with E-state index in [1.54, 1.807) is 4.90 Å². The molecule has 164 valence electrons. The first kappa shape index (κ1) is 20.1. The van der Waals surface area contributed by atoms with E-state index in [9.17, 15) is 14.4 Å². The number of amides is 3. The van der Waals surface area contributed by atoms with Crippen LogP contribution in [-0.2, 0) is 20.8 Å². The lowest BCUT2D eigenvalue weighted by atomic mass is 9.87. The maximum absolute atomic E-state index is 13.2.